The summed E-state index contributed by atoms with van der Waals surface area (Å²) in [6.07, 6.45) is 6.97. The summed E-state index contributed by atoms with van der Waals surface area (Å²) in [5.74, 6) is 0. The van der Waals surface area contributed by atoms with E-state index in [0.717, 1.165) is 32.4 Å². The van der Waals surface area contributed by atoms with Crippen LogP contribution in [0.3, 0.4) is 0 Å². The monoisotopic (exact) mass is 298 g/mol. The van der Waals surface area contributed by atoms with Gasteiger partial charge in [-0.2, -0.15) is 0 Å². The number of allylic oxidation sites excluding steroid dienone is 1. The number of carbonyl (C=O) groups excluding carboxylic acids is 1. The van der Waals surface area contributed by atoms with Crippen molar-refractivity contribution in [3.63, 3.8) is 0 Å². The van der Waals surface area contributed by atoms with E-state index in [1.54, 1.807) is 11.2 Å². The molecule has 21 heavy (non-hydrogen) atoms. The Morgan fingerprint density at radius 1 is 1.48 bits per heavy atom. The summed E-state index contributed by atoms with van der Waals surface area (Å²) in [6, 6.07) is 0. The third-order valence-electron chi connectivity index (χ3n) is 3.21. The van der Waals surface area contributed by atoms with Crippen LogP contribution in [-0.2, 0) is 9.47 Å². The summed E-state index contributed by atoms with van der Waals surface area (Å²) in [5, 5.41) is 3.38. The van der Waals surface area contributed by atoms with Crippen LogP contribution < -0.4 is 5.32 Å². The molecule has 122 valence electrons. The summed E-state index contributed by atoms with van der Waals surface area (Å²) in [5.41, 5.74) is -0.436. The average molecular weight is 298 g/mol. The van der Waals surface area contributed by atoms with Gasteiger partial charge in [0.25, 0.3) is 0 Å². The summed E-state index contributed by atoms with van der Waals surface area (Å²) in [6.45, 7) is 10.8. The number of rotatable bonds is 7. The van der Waals surface area contributed by atoms with Gasteiger partial charge in [-0.15, -0.1) is 0 Å². The molecular formula is C16H30N2O3. The zero-order valence-corrected chi connectivity index (χ0v) is 13.9. The summed E-state index contributed by atoms with van der Waals surface area (Å²) in [7, 11) is 0. The van der Waals surface area contributed by atoms with Crippen molar-refractivity contribution in [1.82, 2.24) is 10.2 Å². The second kappa shape index (κ2) is 8.93. The van der Waals surface area contributed by atoms with Gasteiger partial charge in [0.15, 0.2) is 0 Å². The standard InChI is InChI=1S/C16H30N2O3/c1-5-18(15(19)21-16(2,3)4)11-8-10-17-13-14-9-6-7-12-20-14/h7,12,14,17H,5-6,8-11,13H2,1-4H3. The molecule has 1 aliphatic heterocycles. The first-order chi connectivity index (χ1) is 9.92. The maximum absolute atomic E-state index is 12.0. The van der Waals surface area contributed by atoms with Gasteiger partial charge in [0.2, 0.25) is 0 Å². The smallest absolute Gasteiger partial charge is 0.410 e. The van der Waals surface area contributed by atoms with Crippen LogP contribution in [0.4, 0.5) is 4.79 Å². The molecule has 0 spiro atoms. The van der Waals surface area contributed by atoms with Crippen LogP contribution in [0.2, 0.25) is 0 Å². The number of hydrogen-bond donors (Lipinski definition) is 1. The first kappa shape index (κ1) is 17.8. The lowest BCUT2D eigenvalue weighted by atomic mass is 10.1. The highest BCUT2D eigenvalue weighted by atomic mass is 16.6. The Balaban J connectivity index is 2.14. The van der Waals surface area contributed by atoms with Crippen LogP contribution in [0.1, 0.15) is 47.0 Å². The Bertz CT molecular complexity index is 337. The van der Waals surface area contributed by atoms with E-state index in [-0.39, 0.29) is 12.2 Å². The molecule has 0 bridgehead atoms. The molecule has 0 radical (unpaired) electrons. The van der Waals surface area contributed by atoms with Gasteiger partial charge in [-0.25, -0.2) is 4.79 Å². The number of ether oxygens (including phenoxy) is 2. The molecule has 0 aliphatic carbocycles. The third kappa shape index (κ3) is 7.95. The van der Waals surface area contributed by atoms with Crippen molar-refractivity contribution in [2.45, 2.75) is 58.7 Å². The minimum Gasteiger partial charge on any atom is -0.497 e. The summed E-state index contributed by atoms with van der Waals surface area (Å²) >= 11 is 0. The highest BCUT2D eigenvalue weighted by molar-refractivity contribution is 5.68. The molecule has 0 fully saturated rings. The van der Waals surface area contributed by atoms with Gasteiger partial charge in [0.05, 0.1) is 6.26 Å². The minimum atomic E-state index is -0.436. The van der Waals surface area contributed by atoms with Crippen molar-refractivity contribution in [3.05, 3.63) is 12.3 Å². The molecule has 1 N–H and O–H groups in total. The maximum atomic E-state index is 12.0. The lowest BCUT2D eigenvalue weighted by Crippen LogP contribution is -2.38. The van der Waals surface area contributed by atoms with Gasteiger partial charge in [-0.1, -0.05) is 0 Å². The molecule has 0 saturated heterocycles. The molecule has 1 unspecified atom stereocenters. The summed E-state index contributed by atoms with van der Waals surface area (Å²) in [4.78, 5) is 13.7. The topological polar surface area (TPSA) is 50.8 Å². The molecule has 1 aliphatic rings. The van der Waals surface area contributed by atoms with Crippen LogP contribution in [-0.4, -0.2) is 48.9 Å². The fraction of sp³-hybridized carbons (Fsp3) is 0.812. The quantitative estimate of drug-likeness (QED) is 0.734. The molecule has 0 aromatic rings. The molecule has 1 heterocycles. The lowest BCUT2D eigenvalue weighted by Gasteiger charge is -2.26. The van der Waals surface area contributed by atoms with E-state index in [2.05, 4.69) is 11.4 Å². The molecule has 5 heteroatoms. The molecule has 1 rings (SSSR count). The van der Waals surface area contributed by atoms with Gasteiger partial charge in [-0.05, 0) is 59.6 Å². The lowest BCUT2D eigenvalue weighted by molar-refractivity contribution is 0.0258. The van der Waals surface area contributed by atoms with Crippen LogP contribution >= 0.6 is 0 Å². The van der Waals surface area contributed by atoms with Crippen molar-refractivity contribution < 1.29 is 14.3 Å². The first-order valence-electron chi connectivity index (χ1n) is 7.91. The Morgan fingerprint density at radius 3 is 2.81 bits per heavy atom. The van der Waals surface area contributed by atoms with E-state index < -0.39 is 5.60 Å². The van der Waals surface area contributed by atoms with Crippen molar-refractivity contribution in [2.24, 2.45) is 0 Å². The van der Waals surface area contributed by atoms with E-state index in [9.17, 15) is 4.79 Å². The van der Waals surface area contributed by atoms with Gasteiger partial charge >= 0.3 is 6.09 Å². The Morgan fingerprint density at radius 2 is 2.24 bits per heavy atom. The van der Waals surface area contributed by atoms with Crippen molar-refractivity contribution in [3.8, 4) is 0 Å². The Kier molecular flexibility index (Phi) is 7.57. The van der Waals surface area contributed by atoms with E-state index in [0.29, 0.717) is 13.1 Å². The van der Waals surface area contributed by atoms with E-state index >= 15 is 0 Å². The number of amides is 1. The second-order valence-electron chi connectivity index (χ2n) is 6.32. The van der Waals surface area contributed by atoms with Crippen molar-refractivity contribution in [1.29, 1.82) is 0 Å². The zero-order valence-electron chi connectivity index (χ0n) is 13.9. The second-order valence-corrected chi connectivity index (χ2v) is 6.32. The number of carbonyl (C=O) groups is 1. The van der Waals surface area contributed by atoms with Crippen molar-refractivity contribution in [2.75, 3.05) is 26.2 Å². The Hall–Kier alpha value is -1.23. The van der Waals surface area contributed by atoms with Gasteiger partial charge < -0.3 is 19.7 Å². The van der Waals surface area contributed by atoms with Gasteiger partial charge in [0, 0.05) is 19.6 Å². The minimum absolute atomic E-state index is 0.231. The van der Waals surface area contributed by atoms with Gasteiger partial charge in [0.1, 0.15) is 11.7 Å². The first-order valence-corrected chi connectivity index (χ1v) is 7.91. The molecule has 0 aromatic heterocycles. The van der Waals surface area contributed by atoms with Crippen LogP contribution in [0, 0.1) is 0 Å². The highest BCUT2D eigenvalue weighted by Gasteiger charge is 2.20. The highest BCUT2D eigenvalue weighted by Crippen LogP contribution is 2.10. The average Bonchev–Trinajstić information content (AvgIpc) is 2.42. The number of nitrogens with one attached hydrogen (secondary N) is 1. The fourth-order valence-corrected chi connectivity index (χ4v) is 2.10. The number of nitrogens with zero attached hydrogens (tertiary/aromatic N) is 1. The zero-order chi connectivity index (χ0) is 15.7. The predicted molar refractivity (Wildman–Crippen MR) is 84.2 cm³/mol. The molecular weight excluding hydrogens is 268 g/mol. The molecule has 0 saturated carbocycles. The van der Waals surface area contributed by atoms with E-state index in [1.807, 2.05) is 27.7 Å². The van der Waals surface area contributed by atoms with E-state index in [1.165, 1.54) is 0 Å². The van der Waals surface area contributed by atoms with Crippen LogP contribution in [0.25, 0.3) is 0 Å². The number of hydrogen-bond acceptors (Lipinski definition) is 4. The SMILES string of the molecule is CCN(CCCNCC1CCC=CO1)C(=O)OC(C)(C)C. The molecule has 1 atom stereocenters. The van der Waals surface area contributed by atoms with Crippen LogP contribution in [0.5, 0.6) is 0 Å². The largest absolute Gasteiger partial charge is 0.497 e. The predicted octanol–water partition coefficient (Wildman–Crippen LogP) is 2.92. The normalized spacial score (nSPS) is 18.2. The van der Waals surface area contributed by atoms with Gasteiger partial charge in [-0.3, -0.25) is 0 Å². The molecule has 0 aromatic carbocycles. The van der Waals surface area contributed by atoms with Crippen LogP contribution in [0.15, 0.2) is 12.3 Å². The maximum Gasteiger partial charge on any atom is 0.410 e. The molecule has 1 amide bonds. The fourth-order valence-electron chi connectivity index (χ4n) is 2.10. The van der Waals surface area contributed by atoms with E-state index in [4.69, 9.17) is 9.47 Å². The molecule has 5 nitrogen and oxygen atoms in total. The summed E-state index contributed by atoms with van der Waals surface area (Å²) < 4.78 is 10.9. The Labute approximate surface area is 128 Å². The van der Waals surface area contributed by atoms with Crippen molar-refractivity contribution >= 4 is 6.09 Å². The third-order valence-corrected chi connectivity index (χ3v) is 3.21.